The quantitative estimate of drug-likeness (QED) is 0.172. The highest BCUT2D eigenvalue weighted by Gasteiger charge is 2.43. The lowest BCUT2D eigenvalue weighted by Gasteiger charge is -2.49. The zero-order valence-corrected chi connectivity index (χ0v) is 34.9. The second-order valence-corrected chi connectivity index (χ2v) is 16.0. The number of methoxy groups -OCH3 is 4. The van der Waals surface area contributed by atoms with Crippen LogP contribution < -0.4 is 28.4 Å². The molecule has 1 amide bonds. The average molecular weight is 815 g/mol. The minimum atomic E-state index is -0.692. The van der Waals surface area contributed by atoms with Crippen LogP contribution in [0.4, 0.5) is 0 Å². The number of fused-ring (bicyclic) bond motifs is 5. The molecule has 6 atom stereocenters. The van der Waals surface area contributed by atoms with E-state index in [1.165, 1.54) is 11.1 Å². The van der Waals surface area contributed by atoms with Crippen molar-refractivity contribution in [2.75, 3.05) is 81.3 Å². The normalized spacial score (nSPS) is 24.6. The Hall–Kier alpha value is -4.69. The summed E-state index contributed by atoms with van der Waals surface area (Å²) in [6.45, 7) is 5.67. The van der Waals surface area contributed by atoms with Gasteiger partial charge in [-0.25, -0.2) is 0 Å². The molecule has 3 aromatic carbocycles. The summed E-state index contributed by atoms with van der Waals surface area (Å²) in [5.41, 5.74) is 5.82. The predicted octanol–water partition coefficient (Wildman–Crippen LogP) is 6.35. The van der Waals surface area contributed by atoms with Crippen LogP contribution in [0.5, 0.6) is 34.5 Å². The van der Waals surface area contributed by atoms with Gasteiger partial charge in [-0.2, -0.15) is 0 Å². The van der Waals surface area contributed by atoms with Gasteiger partial charge in [0.15, 0.2) is 40.3 Å². The summed E-state index contributed by atoms with van der Waals surface area (Å²) in [6, 6.07) is 14.4. The smallest absolute Gasteiger partial charge is 0.289 e. The number of hydrogen-bond acceptors (Lipinski definition) is 12. The third kappa shape index (κ3) is 8.39. The van der Waals surface area contributed by atoms with Gasteiger partial charge in [0.25, 0.3) is 5.91 Å². The fourth-order valence-corrected chi connectivity index (χ4v) is 9.90. The fraction of sp³-hybridized carbons (Fsp3) is 0.543. The van der Waals surface area contributed by atoms with Crippen LogP contribution in [0.1, 0.15) is 78.4 Å². The lowest BCUT2D eigenvalue weighted by Crippen LogP contribution is -2.48. The summed E-state index contributed by atoms with van der Waals surface area (Å²) in [5, 5.41) is 9.18. The van der Waals surface area contributed by atoms with Crippen LogP contribution in [-0.2, 0) is 31.8 Å². The number of amides is 1. The third-order valence-electron chi connectivity index (χ3n) is 12.9. The van der Waals surface area contributed by atoms with Gasteiger partial charge in [-0.3, -0.25) is 9.69 Å². The highest BCUT2D eigenvalue weighted by atomic mass is 16.7. The molecule has 1 saturated heterocycles. The molecular weight excluding hydrogens is 757 g/mol. The van der Waals surface area contributed by atoms with Crippen molar-refractivity contribution < 1.29 is 52.5 Å². The molecule has 13 nitrogen and oxygen atoms in total. The SMILES string of the molecule is CCC1CN2CCc3cc(OC)c(OC)cc3C2CC1CC1c2cc(OC)c(OC)cc2CCN1C(=O)C1=CC(c2ccc3c(c2)OCO3)CC(OCCOCCO)O1. The van der Waals surface area contributed by atoms with Crippen LogP contribution in [0.25, 0.3) is 0 Å². The largest absolute Gasteiger partial charge is 0.493 e. The maximum absolute atomic E-state index is 15.2. The van der Waals surface area contributed by atoms with Crippen molar-refractivity contribution in [1.82, 2.24) is 9.80 Å². The topological polar surface area (TPSA) is 127 Å². The molecular formula is C46H58N2O11. The van der Waals surface area contributed by atoms with Crippen molar-refractivity contribution in [1.29, 1.82) is 0 Å². The molecule has 0 spiro atoms. The zero-order valence-electron chi connectivity index (χ0n) is 34.9. The minimum absolute atomic E-state index is 0.0671. The molecule has 3 aromatic rings. The molecule has 1 fully saturated rings. The number of aliphatic hydroxyl groups excluding tert-OH is 1. The maximum atomic E-state index is 15.2. The number of benzene rings is 3. The Morgan fingerprint density at radius 3 is 2.22 bits per heavy atom. The molecule has 1 N–H and O–H groups in total. The molecule has 0 saturated carbocycles. The molecule has 8 rings (SSSR count). The van der Waals surface area contributed by atoms with Crippen molar-refractivity contribution in [3.05, 3.63) is 82.1 Å². The van der Waals surface area contributed by atoms with Gasteiger partial charge in [-0.1, -0.05) is 19.4 Å². The van der Waals surface area contributed by atoms with E-state index in [0.717, 1.165) is 67.0 Å². The molecule has 318 valence electrons. The molecule has 0 bridgehead atoms. The summed E-state index contributed by atoms with van der Waals surface area (Å²) in [7, 11) is 6.70. The number of aliphatic hydroxyl groups is 1. The first kappa shape index (κ1) is 41.1. The summed E-state index contributed by atoms with van der Waals surface area (Å²) >= 11 is 0. The number of piperidine rings is 1. The summed E-state index contributed by atoms with van der Waals surface area (Å²) in [4.78, 5) is 19.8. The second kappa shape index (κ2) is 18.3. The third-order valence-corrected chi connectivity index (χ3v) is 12.9. The number of hydrogen-bond donors (Lipinski definition) is 1. The monoisotopic (exact) mass is 814 g/mol. The number of allylic oxidation sites excluding steroid dienone is 1. The highest BCUT2D eigenvalue weighted by Crippen LogP contribution is 2.50. The fourth-order valence-electron chi connectivity index (χ4n) is 9.90. The van der Waals surface area contributed by atoms with Gasteiger partial charge in [-0.15, -0.1) is 0 Å². The Labute approximate surface area is 347 Å². The Kier molecular flexibility index (Phi) is 12.7. The summed E-state index contributed by atoms with van der Waals surface area (Å²) < 4.78 is 52.5. The lowest BCUT2D eigenvalue weighted by molar-refractivity contribution is -0.158. The Morgan fingerprint density at radius 2 is 1.49 bits per heavy atom. The van der Waals surface area contributed by atoms with Gasteiger partial charge < -0.3 is 52.6 Å². The Balaban J connectivity index is 1.13. The van der Waals surface area contributed by atoms with Gasteiger partial charge in [0.2, 0.25) is 13.1 Å². The zero-order chi connectivity index (χ0) is 41.0. The van der Waals surface area contributed by atoms with E-state index in [1.54, 1.807) is 28.4 Å². The molecule has 0 aromatic heterocycles. The van der Waals surface area contributed by atoms with E-state index < -0.39 is 6.29 Å². The van der Waals surface area contributed by atoms with Gasteiger partial charge in [0, 0.05) is 38.0 Å². The van der Waals surface area contributed by atoms with E-state index >= 15 is 4.79 Å². The van der Waals surface area contributed by atoms with Crippen LogP contribution in [0.15, 0.2) is 54.3 Å². The molecule has 59 heavy (non-hydrogen) atoms. The molecule has 13 heteroatoms. The second-order valence-electron chi connectivity index (χ2n) is 16.0. The average Bonchev–Trinajstić information content (AvgIpc) is 3.75. The van der Waals surface area contributed by atoms with E-state index in [2.05, 4.69) is 36.1 Å². The van der Waals surface area contributed by atoms with Gasteiger partial charge in [0.05, 0.1) is 60.9 Å². The molecule has 6 unspecified atom stereocenters. The molecule has 5 aliphatic rings. The van der Waals surface area contributed by atoms with Gasteiger partial charge in [-0.05, 0) is 108 Å². The maximum Gasteiger partial charge on any atom is 0.289 e. The van der Waals surface area contributed by atoms with Crippen molar-refractivity contribution in [2.24, 2.45) is 11.8 Å². The number of rotatable bonds is 15. The van der Waals surface area contributed by atoms with E-state index in [0.29, 0.717) is 60.8 Å². The highest BCUT2D eigenvalue weighted by molar-refractivity contribution is 5.92. The molecule has 5 heterocycles. The number of ether oxygens (including phenoxy) is 9. The van der Waals surface area contributed by atoms with Crippen LogP contribution in [0, 0.1) is 11.8 Å². The van der Waals surface area contributed by atoms with E-state index in [-0.39, 0.29) is 56.3 Å². The van der Waals surface area contributed by atoms with Gasteiger partial charge in [0.1, 0.15) is 0 Å². The number of carbonyl (C=O) groups is 1. The Morgan fingerprint density at radius 1 is 0.797 bits per heavy atom. The first-order chi connectivity index (χ1) is 28.9. The predicted molar refractivity (Wildman–Crippen MR) is 219 cm³/mol. The van der Waals surface area contributed by atoms with Crippen LogP contribution >= 0.6 is 0 Å². The van der Waals surface area contributed by atoms with Gasteiger partial charge >= 0.3 is 0 Å². The molecule has 5 aliphatic heterocycles. The van der Waals surface area contributed by atoms with Crippen molar-refractivity contribution in [2.45, 2.75) is 69.7 Å². The molecule has 0 radical (unpaired) electrons. The Bertz CT molecular complexity index is 2000. The minimum Gasteiger partial charge on any atom is -0.493 e. The standard InChI is InChI=1S/C46H58N2O11/c1-6-28-26-47-11-9-30-20-39(51-2)41(53-4)24-34(30)36(47)17-32(28)18-37-35-25-42(54-5)40(52-3)21-31(35)10-12-48(37)46(50)44-22-33(23-45(59-44)56-16-15-55-14-13-49)29-7-8-38-43(19-29)58-27-57-38/h7-8,19-22,24-25,28,32-33,36-37,45,49H,6,9-18,23,26-27H2,1-5H3. The van der Waals surface area contributed by atoms with E-state index in [1.807, 2.05) is 29.2 Å². The van der Waals surface area contributed by atoms with Crippen molar-refractivity contribution in [3.8, 4) is 34.5 Å². The summed E-state index contributed by atoms with van der Waals surface area (Å²) in [5.74, 6) is 4.88. The first-order valence-corrected chi connectivity index (χ1v) is 21.0. The first-order valence-electron chi connectivity index (χ1n) is 21.0. The number of nitrogens with zero attached hydrogens (tertiary/aromatic N) is 2. The lowest BCUT2D eigenvalue weighted by atomic mass is 9.72. The van der Waals surface area contributed by atoms with Crippen molar-refractivity contribution in [3.63, 3.8) is 0 Å². The number of carbonyl (C=O) groups excluding carboxylic acids is 1. The van der Waals surface area contributed by atoms with Crippen LogP contribution in [0.2, 0.25) is 0 Å². The molecule has 0 aliphatic carbocycles. The van der Waals surface area contributed by atoms with Crippen molar-refractivity contribution >= 4 is 5.91 Å². The van der Waals surface area contributed by atoms with Crippen LogP contribution in [-0.4, -0.2) is 108 Å². The van der Waals surface area contributed by atoms with E-state index in [4.69, 9.17) is 42.6 Å². The van der Waals surface area contributed by atoms with E-state index in [9.17, 15) is 5.11 Å². The summed E-state index contributed by atoms with van der Waals surface area (Å²) in [6.07, 6.45) is 6.15. The van der Waals surface area contributed by atoms with Crippen LogP contribution in [0.3, 0.4) is 0 Å².